The molecule has 1 atom stereocenters. The molecule has 0 aromatic heterocycles. The number of carbonyl (C=O) groups excluding carboxylic acids is 2. The molecular weight excluding hydrogens is 326 g/mol. The molecule has 2 aliphatic rings. The molecular formula is C17H22N3O5+. The molecule has 0 radical (unpaired) electrons. The van der Waals surface area contributed by atoms with E-state index in [1.54, 1.807) is 0 Å². The van der Waals surface area contributed by atoms with Gasteiger partial charge < -0.3 is 9.64 Å². The van der Waals surface area contributed by atoms with E-state index in [1.807, 2.05) is 0 Å². The van der Waals surface area contributed by atoms with E-state index in [2.05, 4.69) is 0 Å². The Labute approximate surface area is 145 Å². The highest BCUT2D eigenvalue weighted by atomic mass is 16.6. The van der Waals surface area contributed by atoms with Gasteiger partial charge in [0.2, 0.25) is 5.91 Å². The minimum atomic E-state index is -0.593. The summed E-state index contributed by atoms with van der Waals surface area (Å²) < 4.78 is 5.01. The van der Waals surface area contributed by atoms with Crippen LogP contribution in [0.3, 0.4) is 0 Å². The molecule has 3 rings (SSSR count). The normalized spacial score (nSPS) is 22.1. The Balaban J connectivity index is 1.91. The van der Waals surface area contributed by atoms with E-state index < -0.39 is 11.0 Å². The number of nitro groups is 1. The standard InChI is InChI=1S/C17H21N3O5/c1-25-12-6-7-13(14(10-12)20(23)24)19-16(21)11-15(17(19)22)18-8-4-2-3-5-9-18/h6-7,10,15H,2-5,8-9,11H2,1H3/p+1/t15-/m1/s1. The monoisotopic (exact) mass is 348 g/mol. The van der Waals surface area contributed by atoms with Crippen LogP contribution in [0.15, 0.2) is 18.2 Å². The van der Waals surface area contributed by atoms with E-state index in [0.717, 1.165) is 48.6 Å². The third kappa shape index (κ3) is 3.34. The van der Waals surface area contributed by atoms with Crippen LogP contribution in [0.5, 0.6) is 5.75 Å². The number of anilines is 1. The quantitative estimate of drug-likeness (QED) is 0.491. The maximum atomic E-state index is 12.9. The number of likely N-dealkylation sites (tertiary alicyclic amines) is 1. The Morgan fingerprint density at radius 2 is 1.88 bits per heavy atom. The summed E-state index contributed by atoms with van der Waals surface area (Å²) in [5, 5.41) is 11.4. The van der Waals surface area contributed by atoms with E-state index in [9.17, 15) is 19.7 Å². The highest BCUT2D eigenvalue weighted by Crippen LogP contribution is 2.34. The van der Waals surface area contributed by atoms with E-state index >= 15 is 0 Å². The first-order valence-corrected chi connectivity index (χ1v) is 8.56. The molecule has 2 saturated heterocycles. The van der Waals surface area contributed by atoms with Crippen LogP contribution < -0.4 is 14.5 Å². The van der Waals surface area contributed by atoms with Crippen LogP contribution in [-0.4, -0.2) is 43.0 Å². The topological polar surface area (TPSA) is 94.2 Å². The van der Waals surface area contributed by atoms with Gasteiger partial charge in [-0.1, -0.05) is 0 Å². The van der Waals surface area contributed by atoms with E-state index in [0.29, 0.717) is 5.75 Å². The van der Waals surface area contributed by atoms with Crippen LogP contribution in [0.25, 0.3) is 0 Å². The Hall–Kier alpha value is -2.48. The number of nitrogens with one attached hydrogen (secondary N) is 1. The lowest BCUT2D eigenvalue weighted by Gasteiger charge is -2.22. The van der Waals surface area contributed by atoms with Crippen molar-refractivity contribution in [2.45, 2.75) is 38.1 Å². The summed E-state index contributed by atoms with van der Waals surface area (Å²) >= 11 is 0. The average Bonchev–Trinajstić information content (AvgIpc) is 2.79. The molecule has 2 fully saturated rings. The predicted octanol–water partition coefficient (Wildman–Crippen LogP) is 0.694. The lowest BCUT2D eigenvalue weighted by atomic mass is 10.2. The first-order valence-electron chi connectivity index (χ1n) is 8.56. The molecule has 0 spiro atoms. The zero-order valence-electron chi connectivity index (χ0n) is 14.2. The first-order chi connectivity index (χ1) is 12.0. The molecule has 25 heavy (non-hydrogen) atoms. The Morgan fingerprint density at radius 3 is 2.48 bits per heavy atom. The number of methoxy groups -OCH3 is 1. The summed E-state index contributed by atoms with van der Waals surface area (Å²) in [6, 6.07) is 3.73. The lowest BCUT2D eigenvalue weighted by Crippen LogP contribution is -3.16. The number of amides is 2. The Kier molecular flexibility index (Phi) is 4.98. The van der Waals surface area contributed by atoms with Gasteiger partial charge in [0.25, 0.3) is 11.6 Å². The lowest BCUT2D eigenvalue weighted by molar-refractivity contribution is -0.914. The summed E-state index contributed by atoms with van der Waals surface area (Å²) in [5.74, 6) is -0.403. The largest absolute Gasteiger partial charge is 0.496 e. The molecule has 2 amide bonds. The van der Waals surface area contributed by atoms with E-state index in [1.165, 1.54) is 25.3 Å². The van der Waals surface area contributed by atoms with Crippen molar-refractivity contribution in [1.82, 2.24) is 0 Å². The molecule has 8 nitrogen and oxygen atoms in total. The molecule has 0 unspecified atom stereocenters. The van der Waals surface area contributed by atoms with Crippen molar-refractivity contribution in [2.75, 3.05) is 25.1 Å². The van der Waals surface area contributed by atoms with Crippen molar-refractivity contribution < 1.29 is 24.1 Å². The average molecular weight is 348 g/mol. The van der Waals surface area contributed by atoms with Gasteiger partial charge in [-0.05, 0) is 37.8 Å². The molecule has 1 aromatic rings. The number of benzene rings is 1. The summed E-state index contributed by atoms with van der Waals surface area (Å²) in [4.78, 5) is 38.3. The third-order valence-electron chi connectivity index (χ3n) is 5.01. The fraction of sp³-hybridized carbons (Fsp3) is 0.529. The van der Waals surface area contributed by atoms with Crippen molar-refractivity contribution in [3.05, 3.63) is 28.3 Å². The number of quaternary nitrogens is 1. The molecule has 0 bridgehead atoms. The van der Waals surface area contributed by atoms with E-state index in [4.69, 9.17) is 4.74 Å². The predicted molar refractivity (Wildman–Crippen MR) is 89.7 cm³/mol. The van der Waals surface area contributed by atoms with Crippen LogP contribution in [0.4, 0.5) is 11.4 Å². The SMILES string of the molecule is COc1ccc(N2C(=O)C[C@@H]([NH+]3CCCCCC3)C2=O)c([N+](=O)[O-])c1. The number of ether oxygens (including phenoxy) is 1. The van der Waals surface area contributed by atoms with Crippen LogP contribution in [-0.2, 0) is 9.59 Å². The van der Waals surface area contributed by atoms with E-state index in [-0.39, 0.29) is 29.6 Å². The summed E-state index contributed by atoms with van der Waals surface area (Å²) in [7, 11) is 1.41. The third-order valence-corrected chi connectivity index (χ3v) is 5.01. The summed E-state index contributed by atoms with van der Waals surface area (Å²) in [6.45, 7) is 1.73. The number of imide groups is 1. The Bertz CT molecular complexity index is 698. The molecule has 1 aromatic carbocycles. The van der Waals surface area contributed by atoms with Gasteiger partial charge in [0.15, 0.2) is 6.04 Å². The van der Waals surface area contributed by atoms with Gasteiger partial charge >= 0.3 is 0 Å². The maximum absolute atomic E-state index is 12.9. The van der Waals surface area contributed by atoms with Gasteiger partial charge in [0, 0.05) is 0 Å². The molecule has 2 aliphatic heterocycles. The van der Waals surface area contributed by atoms with Crippen molar-refractivity contribution >= 4 is 23.2 Å². The minimum absolute atomic E-state index is 0.0255. The number of nitro benzene ring substituents is 1. The zero-order chi connectivity index (χ0) is 18.0. The van der Waals surface area contributed by atoms with Crippen LogP contribution in [0, 0.1) is 10.1 Å². The number of hydrogen-bond acceptors (Lipinski definition) is 5. The molecule has 8 heteroatoms. The van der Waals surface area contributed by atoms with Gasteiger partial charge in [0.1, 0.15) is 11.4 Å². The molecule has 1 N–H and O–H groups in total. The van der Waals surface area contributed by atoms with Crippen molar-refractivity contribution in [2.24, 2.45) is 0 Å². The maximum Gasteiger partial charge on any atom is 0.297 e. The second-order valence-corrected chi connectivity index (χ2v) is 6.51. The second-order valence-electron chi connectivity index (χ2n) is 6.51. The summed E-state index contributed by atoms with van der Waals surface area (Å²) in [6.07, 6.45) is 4.47. The van der Waals surface area contributed by atoms with Crippen LogP contribution in [0.1, 0.15) is 32.1 Å². The minimum Gasteiger partial charge on any atom is -0.496 e. The molecule has 134 valence electrons. The number of carbonyl (C=O) groups is 2. The van der Waals surface area contributed by atoms with Gasteiger partial charge in [-0.2, -0.15) is 0 Å². The van der Waals surface area contributed by atoms with Gasteiger partial charge in [-0.15, -0.1) is 0 Å². The highest BCUT2D eigenvalue weighted by Gasteiger charge is 2.47. The van der Waals surface area contributed by atoms with Crippen LogP contribution >= 0.6 is 0 Å². The van der Waals surface area contributed by atoms with Gasteiger partial charge in [0.05, 0.1) is 37.6 Å². The van der Waals surface area contributed by atoms with Crippen molar-refractivity contribution in [3.63, 3.8) is 0 Å². The molecule has 2 heterocycles. The number of rotatable bonds is 4. The molecule has 0 saturated carbocycles. The number of hydrogen-bond donors (Lipinski definition) is 1. The number of nitrogens with zero attached hydrogens (tertiary/aromatic N) is 2. The fourth-order valence-electron chi connectivity index (χ4n) is 3.70. The van der Waals surface area contributed by atoms with Gasteiger partial charge in [-0.25, -0.2) is 4.90 Å². The van der Waals surface area contributed by atoms with Crippen molar-refractivity contribution in [3.8, 4) is 5.75 Å². The molecule has 0 aliphatic carbocycles. The first kappa shape index (κ1) is 17.3. The smallest absolute Gasteiger partial charge is 0.297 e. The summed E-state index contributed by atoms with van der Waals surface area (Å²) in [5.41, 5.74) is -0.273. The van der Waals surface area contributed by atoms with Gasteiger partial charge in [-0.3, -0.25) is 19.7 Å². The Morgan fingerprint density at radius 1 is 1.20 bits per heavy atom. The zero-order valence-corrected chi connectivity index (χ0v) is 14.2. The van der Waals surface area contributed by atoms with Crippen LogP contribution in [0.2, 0.25) is 0 Å². The second kappa shape index (κ2) is 7.18. The highest BCUT2D eigenvalue weighted by molar-refractivity contribution is 6.22. The van der Waals surface area contributed by atoms with Crippen molar-refractivity contribution in [1.29, 1.82) is 0 Å². The fourth-order valence-corrected chi connectivity index (χ4v) is 3.70.